The highest BCUT2D eigenvalue weighted by molar-refractivity contribution is 6.30. The van der Waals surface area contributed by atoms with E-state index in [1.807, 2.05) is 24.3 Å². The molecule has 0 heterocycles. The van der Waals surface area contributed by atoms with Gasteiger partial charge in [-0.05, 0) is 67.1 Å². The first kappa shape index (κ1) is 19.4. The van der Waals surface area contributed by atoms with Crippen molar-refractivity contribution in [1.82, 2.24) is 5.32 Å². The predicted octanol–water partition coefficient (Wildman–Crippen LogP) is 4.79. The van der Waals surface area contributed by atoms with E-state index < -0.39 is 5.41 Å². The highest BCUT2D eigenvalue weighted by Gasteiger charge is 2.50. The zero-order valence-electron chi connectivity index (χ0n) is 15.7. The summed E-state index contributed by atoms with van der Waals surface area (Å²) >= 11 is 5.85. The van der Waals surface area contributed by atoms with Crippen LogP contribution in [-0.4, -0.2) is 18.4 Å². The molecule has 0 atom stereocenters. The maximum Gasteiger partial charge on any atom is 0.255 e. The molecule has 0 saturated heterocycles. The third-order valence-corrected chi connectivity index (χ3v) is 5.25. The molecule has 5 heteroatoms. The van der Waals surface area contributed by atoms with E-state index in [4.69, 9.17) is 11.6 Å². The molecule has 1 saturated carbocycles. The van der Waals surface area contributed by atoms with Gasteiger partial charge >= 0.3 is 0 Å². The molecular weight excluding hydrogens is 360 g/mol. The molecule has 2 aromatic rings. The zero-order valence-corrected chi connectivity index (χ0v) is 16.5. The van der Waals surface area contributed by atoms with Gasteiger partial charge in [0.05, 0.1) is 5.41 Å². The fourth-order valence-electron chi connectivity index (χ4n) is 3.09. The van der Waals surface area contributed by atoms with Crippen molar-refractivity contribution in [2.45, 2.75) is 38.5 Å². The molecule has 3 rings (SSSR count). The molecule has 2 aromatic carbocycles. The normalized spacial score (nSPS) is 14.7. The van der Waals surface area contributed by atoms with E-state index in [1.54, 1.807) is 24.3 Å². The molecule has 1 aliphatic rings. The summed E-state index contributed by atoms with van der Waals surface area (Å²) in [5, 5.41) is 6.53. The minimum atomic E-state index is -0.393. The van der Waals surface area contributed by atoms with E-state index in [0.717, 1.165) is 24.8 Å². The lowest BCUT2D eigenvalue weighted by Crippen LogP contribution is -2.35. The summed E-state index contributed by atoms with van der Waals surface area (Å²) < 4.78 is 0. The van der Waals surface area contributed by atoms with Crippen molar-refractivity contribution in [3.05, 3.63) is 64.7 Å². The van der Waals surface area contributed by atoms with Gasteiger partial charge in [0.25, 0.3) is 5.91 Å². The largest absolute Gasteiger partial charge is 0.355 e. The van der Waals surface area contributed by atoms with Crippen LogP contribution in [0.15, 0.2) is 48.5 Å². The van der Waals surface area contributed by atoms with Crippen molar-refractivity contribution in [3.8, 4) is 0 Å². The fraction of sp³-hybridized carbons (Fsp3) is 0.364. The summed E-state index contributed by atoms with van der Waals surface area (Å²) in [6.07, 6.45) is 2.73. The average molecular weight is 385 g/mol. The van der Waals surface area contributed by atoms with Gasteiger partial charge in [-0.2, -0.15) is 0 Å². The van der Waals surface area contributed by atoms with Crippen molar-refractivity contribution in [2.24, 2.45) is 5.92 Å². The monoisotopic (exact) mass is 384 g/mol. The Morgan fingerprint density at radius 2 is 1.67 bits per heavy atom. The summed E-state index contributed by atoms with van der Waals surface area (Å²) in [5.41, 5.74) is 1.87. The Morgan fingerprint density at radius 3 is 2.22 bits per heavy atom. The van der Waals surface area contributed by atoms with Crippen molar-refractivity contribution in [3.63, 3.8) is 0 Å². The van der Waals surface area contributed by atoms with E-state index in [2.05, 4.69) is 24.5 Å². The van der Waals surface area contributed by atoms with Gasteiger partial charge in [-0.15, -0.1) is 0 Å². The topological polar surface area (TPSA) is 58.2 Å². The second-order valence-corrected chi connectivity index (χ2v) is 8.00. The number of anilines is 1. The Labute approximate surface area is 165 Å². The van der Waals surface area contributed by atoms with Crippen molar-refractivity contribution in [1.29, 1.82) is 0 Å². The zero-order chi connectivity index (χ0) is 19.4. The van der Waals surface area contributed by atoms with Crippen LogP contribution >= 0.6 is 11.6 Å². The van der Waals surface area contributed by atoms with E-state index >= 15 is 0 Å². The van der Waals surface area contributed by atoms with Gasteiger partial charge in [-0.25, -0.2) is 0 Å². The summed E-state index contributed by atoms with van der Waals surface area (Å²) in [6.45, 7) is 5.01. The van der Waals surface area contributed by atoms with Gasteiger partial charge in [0.2, 0.25) is 5.91 Å². The molecule has 27 heavy (non-hydrogen) atoms. The van der Waals surface area contributed by atoms with Crippen molar-refractivity contribution < 1.29 is 9.59 Å². The molecule has 2 amide bonds. The minimum absolute atomic E-state index is 0.112. The van der Waals surface area contributed by atoms with Gasteiger partial charge in [0.15, 0.2) is 0 Å². The molecule has 4 nitrogen and oxygen atoms in total. The van der Waals surface area contributed by atoms with Crippen LogP contribution in [0.4, 0.5) is 5.69 Å². The molecule has 0 radical (unpaired) electrons. The van der Waals surface area contributed by atoms with Crippen molar-refractivity contribution >= 4 is 29.1 Å². The van der Waals surface area contributed by atoms with E-state index in [0.29, 0.717) is 28.7 Å². The number of hydrogen-bond acceptors (Lipinski definition) is 2. The number of amides is 2. The van der Waals surface area contributed by atoms with Gasteiger partial charge in [-0.1, -0.05) is 37.6 Å². The molecule has 142 valence electrons. The molecule has 0 bridgehead atoms. The van der Waals surface area contributed by atoms with E-state index in [9.17, 15) is 9.59 Å². The number of rotatable bonds is 7. The number of carbonyl (C=O) groups excluding carboxylic acids is 2. The van der Waals surface area contributed by atoms with Crippen LogP contribution in [0, 0.1) is 5.92 Å². The Morgan fingerprint density at radius 1 is 1.04 bits per heavy atom. The van der Waals surface area contributed by atoms with Crippen LogP contribution in [0.3, 0.4) is 0 Å². The Kier molecular flexibility index (Phi) is 5.85. The number of carbonyl (C=O) groups is 2. The Hall–Kier alpha value is -2.33. The quantitative estimate of drug-likeness (QED) is 0.721. The van der Waals surface area contributed by atoms with Crippen LogP contribution < -0.4 is 10.6 Å². The molecule has 0 aliphatic heterocycles. The lowest BCUT2D eigenvalue weighted by molar-refractivity contribution is -0.123. The van der Waals surface area contributed by atoms with E-state index in [1.165, 1.54) is 0 Å². The maximum atomic E-state index is 12.6. The van der Waals surface area contributed by atoms with Crippen molar-refractivity contribution in [2.75, 3.05) is 11.9 Å². The second kappa shape index (κ2) is 8.13. The molecule has 1 fully saturated rings. The summed E-state index contributed by atoms with van der Waals surface area (Å²) in [6, 6.07) is 14.3. The SMILES string of the molecule is CC(C)CCNC(=O)C1(c2ccc(NC(=O)c3ccc(Cl)cc3)cc2)CC1. The van der Waals surface area contributed by atoms with Crippen LogP contribution in [0.2, 0.25) is 5.02 Å². The van der Waals surface area contributed by atoms with E-state index in [-0.39, 0.29) is 11.8 Å². The minimum Gasteiger partial charge on any atom is -0.355 e. The average Bonchev–Trinajstić information content (AvgIpc) is 3.44. The Bertz CT molecular complexity index is 809. The maximum absolute atomic E-state index is 12.6. The highest BCUT2D eigenvalue weighted by atomic mass is 35.5. The number of nitrogens with one attached hydrogen (secondary N) is 2. The standard InChI is InChI=1S/C22H25ClN2O2/c1-15(2)11-14-24-21(27)22(12-13-22)17-5-9-19(10-6-17)25-20(26)16-3-7-18(23)8-4-16/h3-10,15H,11-14H2,1-2H3,(H,24,27)(H,25,26). The summed E-state index contributed by atoms with van der Waals surface area (Å²) in [5.74, 6) is 0.497. The predicted molar refractivity (Wildman–Crippen MR) is 109 cm³/mol. The first-order valence-corrected chi connectivity index (χ1v) is 9.74. The van der Waals surface area contributed by atoms with Crippen LogP contribution in [0.1, 0.15) is 49.0 Å². The van der Waals surface area contributed by atoms with Gasteiger partial charge in [-0.3, -0.25) is 9.59 Å². The lowest BCUT2D eigenvalue weighted by Gasteiger charge is -2.17. The summed E-state index contributed by atoms with van der Waals surface area (Å²) in [4.78, 5) is 24.9. The molecular formula is C22H25ClN2O2. The van der Waals surface area contributed by atoms with Gasteiger partial charge < -0.3 is 10.6 Å². The second-order valence-electron chi connectivity index (χ2n) is 7.56. The molecule has 1 aliphatic carbocycles. The number of halogens is 1. The van der Waals surface area contributed by atoms with Gasteiger partial charge in [0.1, 0.15) is 0 Å². The number of benzene rings is 2. The molecule has 0 aromatic heterocycles. The molecule has 0 unspecified atom stereocenters. The summed E-state index contributed by atoms with van der Waals surface area (Å²) in [7, 11) is 0. The van der Waals surface area contributed by atoms with Crippen LogP contribution in [0.5, 0.6) is 0 Å². The van der Waals surface area contributed by atoms with Crippen LogP contribution in [-0.2, 0) is 10.2 Å². The molecule has 2 N–H and O–H groups in total. The molecule has 0 spiro atoms. The van der Waals surface area contributed by atoms with Crippen LogP contribution in [0.25, 0.3) is 0 Å². The fourth-order valence-corrected chi connectivity index (χ4v) is 3.22. The third-order valence-electron chi connectivity index (χ3n) is 4.99. The smallest absolute Gasteiger partial charge is 0.255 e. The highest BCUT2D eigenvalue weighted by Crippen LogP contribution is 2.48. The third kappa shape index (κ3) is 4.69. The first-order chi connectivity index (χ1) is 12.9. The Balaban J connectivity index is 1.62. The van der Waals surface area contributed by atoms with Gasteiger partial charge in [0, 0.05) is 22.8 Å². The first-order valence-electron chi connectivity index (χ1n) is 9.36. The number of hydrogen-bond donors (Lipinski definition) is 2. The lowest BCUT2D eigenvalue weighted by atomic mass is 9.94.